The number of carboxylic acid groups (broad SMARTS) is 1. The molecule has 0 bridgehead atoms. The van der Waals surface area contributed by atoms with Gasteiger partial charge in [0.15, 0.2) is 0 Å². The lowest BCUT2D eigenvalue weighted by Gasteiger charge is -2.34. The SMILES string of the molecule is CCC1CN(c2ccc(C(=O)O)cc2N)CCS1. The summed E-state index contributed by atoms with van der Waals surface area (Å²) in [4.78, 5) is 13.1. The third kappa shape index (κ3) is 2.72. The Balaban J connectivity index is 2.20. The van der Waals surface area contributed by atoms with Gasteiger partial charge in [-0.05, 0) is 24.6 Å². The molecule has 1 aromatic carbocycles. The van der Waals surface area contributed by atoms with Crippen LogP contribution in [-0.4, -0.2) is 35.2 Å². The van der Waals surface area contributed by atoms with E-state index in [9.17, 15) is 4.79 Å². The number of benzene rings is 1. The van der Waals surface area contributed by atoms with Crippen LogP contribution in [0.25, 0.3) is 0 Å². The molecule has 1 aliphatic rings. The van der Waals surface area contributed by atoms with Crippen LogP contribution >= 0.6 is 11.8 Å². The molecule has 1 unspecified atom stereocenters. The van der Waals surface area contributed by atoms with Crippen LogP contribution in [0.2, 0.25) is 0 Å². The predicted molar refractivity (Wildman–Crippen MR) is 76.6 cm³/mol. The van der Waals surface area contributed by atoms with Crippen molar-refractivity contribution in [2.75, 3.05) is 29.5 Å². The zero-order valence-electron chi connectivity index (χ0n) is 10.4. The first-order valence-electron chi connectivity index (χ1n) is 6.11. The third-order valence-electron chi connectivity index (χ3n) is 3.21. The molecule has 18 heavy (non-hydrogen) atoms. The van der Waals surface area contributed by atoms with Gasteiger partial charge in [0.05, 0.1) is 16.9 Å². The average molecular weight is 266 g/mol. The maximum absolute atomic E-state index is 10.9. The lowest BCUT2D eigenvalue weighted by atomic mass is 10.1. The molecule has 1 fully saturated rings. The molecule has 0 radical (unpaired) electrons. The molecule has 1 heterocycles. The molecule has 0 saturated carbocycles. The van der Waals surface area contributed by atoms with E-state index < -0.39 is 5.97 Å². The topological polar surface area (TPSA) is 66.6 Å². The van der Waals surface area contributed by atoms with E-state index in [1.165, 1.54) is 0 Å². The molecule has 1 atom stereocenters. The van der Waals surface area contributed by atoms with E-state index in [1.54, 1.807) is 12.1 Å². The molecule has 0 aliphatic carbocycles. The van der Waals surface area contributed by atoms with E-state index >= 15 is 0 Å². The zero-order chi connectivity index (χ0) is 13.1. The second-order valence-electron chi connectivity index (χ2n) is 4.43. The molecule has 0 aromatic heterocycles. The zero-order valence-corrected chi connectivity index (χ0v) is 11.2. The van der Waals surface area contributed by atoms with Crippen molar-refractivity contribution in [3.05, 3.63) is 23.8 Å². The molecule has 98 valence electrons. The van der Waals surface area contributed by atoms with Crippen LogP contribution in [0.1, 0.15) is 23.7 Å². The molecule has 2 rings (SSSR count). The first-order chi connectivity index (χ1) is 8.61. The minimum Gasteiger partial charge on any atom is -0.478 e. The van der Waals surface area contributed by atoms with E-state index in [2.05, 4.69) is 11.8 Å². The number of thioether (sulfide) groups is 1. The van der Waals surface area contributed by atoms with Gasteiger partial charge in [-0.15, -0.1) is 0 Å². The Labute approximate surface area is 111 Å². The largest absolute Gasteiger partial charge is 0.478 e. The highest BCUT2D eigenvalue weighted by Crippen LogP contribution is 2.30. The van der Waals surface area contributed by atoms with E-state index in [0.717, 1.165) is 31.0 Å². The van der Waals surface area contributed by atoms with Crippen LogP contribution < -0.4 is 10.6 Å². The second-order valence-corrected chi connectivity index (χ2v) is 5.83. The van der Waals surface area contributed by atoms with Gasteiger partial charge in [-0.2, -0.15) is 11.8 Å². The maximum atomic E-state index is 10.9. The Morgan fingerprint density at radius 3 is 3.00 bits per heavy atom. The third-order valence-corrected chi connectivity index (χ3v) is 4.58. The van der Waals surface area contributed by atoms with Gasteiger partial charge in [0, 0.05) is 24.1 Å². The number of hydrogen-bond acceptors (Lipinski definition) is 4. The molecule has 0 spiro atoms. The van der Waals surface area contributed by atoms with Crippen LogP contribution in [0, 0.1) is 0 Å². The minimum absolute atomic E-state index is 0.245. The standard InChI is InChI=1S/C13H18N2O2S/c1-2-10-8-15(5-6-18-10)12-4-3-9(13(16)17)7-11(12)14/h3-4,7,10H,2,5-6,8,14H2,1H3,(H,16,17). The Bertz CT molecular complexity index is 451. The normalized spacial score (nSPS) is 19.8. The van der Waals surface area contributed by atoms with Gasteiger partial charge in [0.25, 0.3) is 0 Å². The van der Waals surface area contributed by atoms with Crippen LogP contribution in [0.15, 0.2) is 18.2 Å². The number of hydrogen-bond donors (Lipinski definition) is 2. The number of aromatic carboxylic acids is 1. The smallest absolute Gasteiger partial charge is 0.335 e. The molecular formula is C13H18N2O2S. The minimum atomic E-state index is -0.936. The summed E-state index contributed by atoms with van der Waals surface area (Å²) in [5, 5.41) is 9.55. The van der Waals surface area contributed by atoms with Crippen molar-refractivity contribution in [3.8, 4) is 0 Å². The Morgan fingerprint density at radius 1 is 1.61 bits per heavy atom. The van der Waals surface area contributed by atoms with Gasteiger partial charge < -0.3 is 15.7 Å². The Morgan fingerprint density at radius 2 is 2.39 bits per heavy atom. The summed E-state index contributed by atoms with van der Waals surface area (Å²) in [7, 11) is 0. The van der Waals surface area contributed by atoms with Crippen molar-refractivity contribution in [2.45, 2.75) is 18.6 Å². The van der Waals surface area contributed by atoms with Gasteiger partial charge >= 0.3 is 5.97 Å². The van der Waals surface area contributed by atoms with Crippen LogP contribution in [0.5, 0.6) is 0 Å². The van der Waals surface area contributed by atoms with Crippen molar-refractivity contribution in [2.24, 2.45) is 0 Å². The first kappa shape index (κ1) is 13.1. The Hall–Kier alpha value is -1.36. The molecule has 1 saturated heterocycles. The quantitative estimate of drug-likeness (QED) is 0.822. The Kier molecular flexibility index (Phi) is 4.01. The van der Waals surface area contributed by atoms with E-state index in [-0.39, 0.29) is 5.56 Å². The summed E-state index contributed by atoms with van der Waals surface area (Å²) in [5.74, 6) is 0.160. The predicted octanol–water partition coefficient (Wildman–Crippen LogP) is 2.30. The number of anilines is 2. The maximum Gasteiger partial charge on any atom is 0.335 e. The van der Waals surface area contributed by atoms with Crippen LogP contribution in [0.3, 0.4) is 0 Å². The van der Waals surface area contributed by atoms with Gasteiger partial charge in [-0.25, -0.2) is 4.79 Å². The van der Waals surface area contributed by atoms with Crippen molar-refractivity contribution < 1.29 is 9.90 Å². The highest BCUT2D eigenvalue weighted by Gasteiger charge is 2.21. The van der Waals surface area contributed by atoms with E-state index in [1.807, 2.05) is 17.8 Å². The monoisotopic (exact) mass is 266 g/mol. The number of nitrogens with zero attached hydrogens (tertiary/aromatic N) is 1. The second kappa shape index (κ2) is 5.52. The molecule has 1 aliphatic heterocycles. The highest BCUT2D eigenvalue weighted by atomic mass is 32.2. The number of carboxylic acids is 1. The number of carbonyl (C=O) groups is 1. The molecule has 4 nitrogen and oxygen atoms in total. The fourth-order valence-corrected chi connectivity index (χ4v) is 3.34. The average Bonchev–Trinajstić information content (AvgIpc) is 2.38. The molecule has 1 aromatic rings. The summed E-state index contributed by atoms with van der Waals surface area (Å²) in [6.45, 7) is 4.15. The summed E-state index contributed by atoms with van der Waals surface area (Å²) >= 11 is 2.00. The van der Waals surface area contributed by atoms with E-state index in [0.29, 0.717) is 10.9 Å². The summed E-state index contributed by atoms with van der Waals surface area (Å²) < 4.78 is 0. The van der Waals surface area contributed by atoms with Gasteiger partial charge in [-0.3, -0.25) is 0 Å². The van der Waals surface area contributed by atoms with Crippen LogP contribution in [-0.2, 0) is 0 Å². The van der Waals surface area contributed by atoms with Crippen molar-refractivity contribution in [1.29, 1.82) is 0 Å². The molecule has 3 N–H and O–H groups in total. The van der Waals surface area contributed by atoms with Crippen molar-refractivity contribution in [3.63, 3.8) is 0 Å². The fraction of sp³-hybridized carbons (Fsp3) is 0.462. The van der Waals surface area contributed by atoms with E-state index in [4.69, 9.17) is 10.8 Å². The lowest BCUT2D eigenvalue weighted by Crippen LogP contribution is -2.38. The van der Waals surface area contributed by atoms with Crippen molar-refractivity contribution in [1.82, 2.24) is 0 Å². The van der Waals surface area contributed by atoms with Gasteiger partial charge in [-0.1, -0.05) is 6.92 Å². The van der Waals surface area contributed by atoms with Crippen molar-refractivity contribution >= 4 is 29.1 Å². The highest BCUT2D eigenvalue weighted by molar-refractivity contribution is 8.00. The lowest BCUT2D eigenvalue weighted by molar-refractivity contribution is 0.0697. The molecule has 5 heteroatoms. The van der Waals surface area contributed by atoms with Gasteiger partial charge in [0.1, 0.15) is 0 Å². The molecule has 0 amide bonds. The number of rotatable bonds is 3. The van der Waals surface area contributed by atoms with Crippen LogP contribution in [0.4, 0.5) is 11.4 Å². The number of nitrogen functional groups attached to an aromatic ring is 1. The summed E-state index contributed by atoms with van der Waals surface area (Å²) in [6.07, 6.45) is 1.15. The number of nitrogens with two attached hydrogens (primary N) is 1. The molecular weight excluding hydrogens is 248 g/mol. The summed E-state index contributed by atoms with van der Waals surface area (Å²) in [5.41, 5.74) is 7.72. The summed E-state index contributed by atoms with van der Waals surface area (Å²) in [6, 6.07) is 4.98. The van der Waals surface area contributed by atoms with Gasteiger partial charge in [0.2, 0.25) is 0 Å². The fourth-order valence-electron chi connectivity index (χ4n) is 2.16. The first-order valence-corrected chi connectivity index (χ1v) is 7.16.